The Morgan fingerprint density at radius 3 is 2.67 bits per heavy atom. The topological polar surface area (TPSA) is 26.3 Å². The molecule has 0 heterocycles. The van der Waals surface area contributed by atoms with E-state index in [4.69, 9.17) is 4.74 Å². The largest absolute Gasteiger partial charge is 0.497 e. The van der Waals surface area contributed by atoms with Crippen molar-refractivity contribution in [3.8, 4) is 5.75 Å². The van der Waals surface area contributed by atoms with E-state index in [0.29, 0.717) is 23.5 Å². The summed E-state index contributed by atoms with van der Waals surface area (Å²) in [5.74, 6) is 3.33. The number of methoxy groups -OCH3 is 1. The van der Waals surface area contributed by atoms with Crippen LogP contribution in [0, 0.1) is 17.3 Å². The van der Waals surface area contributed by atoms with Crippen LogP contribution >= 0.6 is 0 Å². The molecule has 0 spiro atoms. The Balaban J connectivity index is 1.65. The quantitative estimate of drug-likeness (QED) is 0.646. The average Bonchev–Trinajstić information content (AvgIpc) is 3.08. The fourth-order valence-corrected chi connectivity index (χ4v) is 6.80. The molecule has 1 aromatic rings. The third kappa shape index (κ3) is 2.71. The molecule has 0 N–H and O–H groups in total. The minimum absolute atomic E-state index is 0.329. The van der Waals surface area contributed by atoms with Gasteiger partial charge in [0.25, 0.3) is 0 Å². The lowest BCUT2D eigenvalue weighted by atomic mass is 9.53. The Bertz CT molecular complexity index is 828. The van der Waals surface area contributed by atoms with Crippen LogP contribution in [0.4, 0.5) is 0 Å². The van der Waals surface area contributed by atoms with Crippen molar-refractivity contribution in [1.82, 2.24) is 0 Å². The zero-order valence-corrected chi connectivity index (χ0v) is 16.6. The highest BCUT2D eigenvalue weighted by Gasteiger charge is 2.52. The number of rotatable bonds is 2. The average molecular weight is 363 g/mol. The number of fused-ring (bicyclic) bond motifs is 4. The summed E-state index contributed by atoms with van der Waals surface area (Å²) in [4.78, 5) is 12.0. The highest BCUT2D eigenvalue weighted by atomic mass is 16.5. The van der Waals surface area contributed by atoms with E-state index in [0.717, 1.165) is 30.4 Å². The van der Waals surface area contributed by atoms with Crippen LogP contribution in [0.3, 0.4) is 0 Å². The standard InChI is InChI=1S/C25H30O2/c1-25-13-3-4-23(25)21-11-7-17-14-18(26)8-12-20(17)24(21)22(15-25)16-5-9-19(27-2)10-6-16/h5-6,9-10,14,21-23H,3-4,7-8,11-13,15H2,1-2H3. The van der Waals surface area contributed by atoms with Crippen LogP contribution in [0.1, 0.15) is 69.8 Å². The zero-order chi connectivity index (χ0) is 18.6. The molecule has 0 amide bonds. The molecular formula is C25H30O2. The Morgan fingerprint density at radius 1 is 1.07 bits per heavy atom. The van der Waals surface area contributed by atoms with E-state index in [1.54, 1.807) is 18.3 Å². The molecular weight excluding hydrogens is 332 g/mol. The number of hydrogen-bond donors (Lipinski definition) is 0. The fourth-order valence-electron chi connectivity index (χ4n) is 6.80. The SMILES string of the molecule is COc1ccc(C2CC3(C)CCCC3C3CCC4=CC(=O)CCC4=C23)cc1. The van der Waals surface area contributed by atoms with Crippen LogP contribution in [-0.2, 0) is 4.79 Å². The van der Waals surface area contributed by atoms with Crippen molar-refractivity contribution < 1.29 is 9.53 Å². The van der Waals surface area contributed by atoms with Crippen molar-refractivity contribution >= 4 is 5.78 Å². The number of ether oxygens (including phenoxy) is 1. The summed E-state index contributed by atoms with van der Waals surface area (Å²) in [6, 6.07) is 8.78. The maximum atomic E-state index is 12.0. The minimum atomic E-state index is 0.329. The molecule has 1 aromatic carbocycles. The molecule has 4 aliphatic carbocycles. The molecule has 4 atom stereocenters. The minimum Gasteiger partial charge on any atom is -0.497 e. The molecule has 142 valence electrons. The summed E-state index contributed by atoms with van der Waals surface area (Å²) in [6.45, 7) is 2.55. The first kappa shape index (κ1) is 17.3. The molecule has 2 fully saturated rings. The molecule has 5 rings (SSSR count). The van der Waals surface area contributed by atoms with Gasteiger partial charge in [-0.05, 0) is 90.7 Å². The molecule has 4 aliphatic rings. The maximum Gasteiger partial charge on any atom is 0.156 e. The van der Waals surface area contributed by atoms with E-state index >= 15 is 0 Å². The third-order valence-electron chi connectivity index (χ3n) is 8.02. The third-order valence-corrected chi connectivity index (χ3v) is 8.02. The number of hydrogen-bond acceptors (Lipinski definition) is 2. The predicted octanol–water partition coefficient (Wildman–Crippen LogP) is 5.98. The summed E-state index contributed by atoms with van der Waals surface area (Å²) in [5, 5.41) is 0. The highest BCUT2D eigenvalue weighted by Crippen LogP contribution is 2.63. The Labute approximate surface area is 162 Å². The summed E-state index contributed by atoms with van der Waals surface area (Å²) >= 11 is 0. The monoisotopic (exact) mass is 362 g/mol. The van der Waals surface area contributed by atoms with Crippen molar-refractivity contribution in [3.05, 3.63) is 52.6 Å². The molecule has 0 aliphatic heterocycles. The summed E-state index contributed by atoms with van der Waals surface area (Å²) in [7, 11) is 1.73. The molecule has 0 radical (unpaired) electrons. The Hall–Kier alpha value is -1.83. The van der Waals surface area contributed by atoms with Crippen molar-refractivity contribution in [1.29, 1.82) is 0 Å². The van der Waals surface area contributed by atoms with Gasteiger partial charge in [-0.3, -0.25) is 4.79 Å². The van der Waals surface area contributed by atoms with Gasteiger partial charge in [0.05, 0.1) is 7.11 Å². The highest BCUT2D eigenvalue weighted by molar-refractivity contribution is 5.93. The van der Waals surface area contributed by atoms with Gasteiger partial charge in [-0.15, -0.1) is 0 Å². The van der Waals surface area contributed by atoms with Gasteiger partial charge >= 0.3 is 0 Å². The predicted molar refractivity (Wildman–Crippen MR) is 108 cm³/mol. The van der Waals surface area contributed by atoms with Gasteiger partial charge in [-0.2, -0.15) is 0 Å². The van der Waals surface area contributed by atoms with E-state index in [-0.39, 0.29) is 0 Å². The van der Waals surface area contributed by atoms with Crippen LogP contribution < -0.4 is 4.74 Å². The summed E-state index contributed by atoms with van der Waals surface area (Å²) in [6.07, 6.45) is 11.4. The van der Waals surface area contributed by atoms with E-state index in [1.807, 2.05) is 6.08 Å². The lowest BCUT2D eigenvalue weighted by Gasteiger charge is -2.51. The normalized spacial score (nSPS) is 35.3. The number of carbonyl (C=O) groups is 1. The first-order chi connectivity index (χ1) is 13.1. The number of benzene rings is 1. The van der Waals surface area contributed by atoms with Crippen molar-refractivity contribution in [2.24, 2.45) is 17.3 Å². The molecule has 0 saturated heterocycles. The Morgan fingerprint density at radius 2 is 1.89 bits per heavy atom. The smallest absolute Gasteiger partial charge is 0.156 e. The van der Waals surface area contributed by atoms with Crippen LogP contribution in [0.25, 0.3) is 0 Å². The summed E-state index contributed by atoms with van der Waals surface area (Å²) in [5.41, 5.74) is 6.53. The van der Waals surface area contributed by atoms with Gasteiger partial charge in [-0.1, -0.05) is 31.1 Å². The summed E-state index contributed by atoms with van der Waals surface area (Å²) < 4.78 is 5.39. The first-order valence-corrected chi connectivity index (χ1v) is 10.7. The van der Waals surface area contributed by atoms with Gasteiger partial charge in [0.1, 0.15) is 5.75 Å². The van der Waals surface area contributed by atoms with Crippen molar-refractivity contribution in [3.63, 3.8) is 0 Å². The van der Waals surface area contributed by atoms with Crippen LogP contribution in [-0.4, -0.2) is 12.9 Å². The van der Waals surface area contributed by atoms with Gasteiger partial charge < -0.3 is 4.74 Å². The molecule has 2 nitrogen and oxygen atoms in total. The van der Waals surface area contributed by atoms with E-state index in [9.17, 15) is 4.79 Å². The molecule has 27 heavy (non-hydrogen) atoms. The number of ketones is 1. The van der Waals surface area contributed by atoms with Crippen LogP contribution in [0.15, 0.2) is 47.1 Å². The van der Waals surface area contributed by atoms with E-state index in [1.165, 1.54) is 43.2 Å². The van der Waals surface area contributed by atoms with Crippen LogP contribution in [0.5, 0.6) is 5.75 Å². The lowest BCUT2D eigenvalue weighted by Crippen LogP contribution is -2.40. The first-order valence-electron chi connectivity index (χ1n) is 10.7. The molecule has 4 unspecified atom stereocenters. The maximum absolute atomic E-state index is 12.0. The van der Waals surface area contributed by atoms with Crippen molar-refractivity contribution in [2.75, 3.05) is 7.11 Å². The van der Waals surface area contributed by atoms with E-state index in [2.05, 4.69) is 31.2 Å². The second-order valence-corrected chi connectivity index (χ2v) is 9.40. The number of carbonyl (C=O) groups excluding carboxylic acids is 1. The molecule has 0 aromatic heterocycles. The van der Waals surface area contributed by atoms with E-state index < -0.39 is 0 Å². The molecule has 2 saturated carbocycles. The molecule has 0 bridgehead atoms. The fraction of sp³-hybridized carbons (Fsp3) is 0.560. The van der Waals surface area contributed by atoms with Crippen molar-refractivity contribution in [2.45, 2.75) is 64.2 Å². The lowest BCUT2D eigenvalue weighted by molar-refractivity contribution is -0.114. The second-order valence-electron chi connectivity index (χ2n) is 9.40. The van der Waals surface area contributed by atoms with Gasteiger partial charge in [0.15, 0.2) is 5.78 Å². The second kappa shape index (κ2) is 6.36. The Kier molecular flexibility index (Phi) is 4.07. The zero-order valence-electron chi connectivity index (χ0n) is 16.6. The number of allylic oxidation sites excluding steroid dienone is 4. The van der Waals surface area contributed by atoms with Crippen LogP contribution in [0.2, 0.25) is 0 Å². The molecule has 2 heteroatoms. The van der Waals surface area contributed by atoms with Gasteiger partial charge in [0, 0.05) is 12.3 Å². The van der Waals surface area contributed by atoms with Gasteiger partial charge in [0.2, 0.25) is 0 Å². The van der Waals surface area contributed by atoms with Gasteiger partial charge in [-0.25, -0.2) is 0 Å².